The van der Waals surface area contributed by atoms with Crippen LogP contribution in [0.2, 0.25) is 0 Å². The number of aliphatic hydroxyl groups excluding tert-OH is 1. The number of nitrogens with two attached hydrogens (primary N) is 1. The van der Waals surface area contributed by atoms with Gasteiger partial charge in [0.05, 0.1) is 19.2 Å². The smallest absolute Gasteiger partial charge is 0.415 e. The van der Waals surface area contributed by atoms with Crippen molar-refractivity contribution < 1.29 is 28.9 Å². The molecular formula is C26H31N7O6. The van der Waals surface area contributed by atoms with Gasteiger partial charge in [0.25, 0.3) is 5.91 Å². The fourth-order valence-corrected chi connectivity index (χ4v) is 5.04. The molecule has 3 aliphatic rings. The average Bonchev–Trinajstić information content (AvgIpc) is 3.53. The molecule has 5 N–H and O–H groups in total. The van der Waals surface area contributed by atoms with E-state index in [1.54, 1.807) is 12.1 Å². The summed E-state index contributed by atoms with van der Waals surface area (Å²) in [6.07, 6.45) is 1.39. The third kappa shape index (κ3) is 5.73. The fraction of sp³-hybridized carbons (Fsp3) is 0.500. The van der Waals surface area contributed by atoms with Crippen LogP contribution in [0.3, 0.4) is 0 Å². The Balaban J connectivity index is 1.11. The van der Waals surface area contributed by atoms with Crippen molar-refractivity contribution in [2.24, 2.45) is 11.7 Å². The van der Waals surface area contributed by atoms with Crippen molar-refractivity contribution in [2.45, 2.75) is 38.3 Å². The highest BCUT2D eigenvalue weighted by Gasteiger charge is 2.34. The van der Waals surface area contributed by atoms with E-state index in [-0.39, 0.29) is 37.6 Å². The Hall–Kier alpha value is -3.99. The van der Waals surface area contributed by atoms with Crippen LogP contribution in [0, 0.1) is 24.2 Å². The molecule has 0 saturated carbocycles. The summed E-state index contributed by atoms with van der Waals surface area (Å²) in [5.74, 6) is 1.53. The zero-order valence-corrected chi connectivity index (χ0v) is 21.6. The fourth-order valence-electron chi connectivity index (χ4n) is 5.04. The van der Waals surface area contributed by atoms with Crippen molar-refractivity contribution in [3.8, 4) is 17.7 Å². The second-order valence-corrected chi connectivity index (χ2v) is 9.95. The number of ether oxygens (including phenoxy) is 3. The number of nitrogens with one attached hydrogen (secondary N) is 2. The molecule has 1 aliphatic carbocycles. The van der Waals surface area contributed by atoms with Gasteiger partial charge in [-0.1, -0.05) is 0 Å². The SMILES string of the molecule is Cc1c(OC[C@H](N)CO)nc(C#N)c2c1CC(CNCCC1CN(c3ccc4c(n3)NC(=O)CO4)C(=O)O1)C2. The predicted molar refractivity (Wildman–Crippen MR) is 139 cm³/mol. The topological polar surface area (TPSA) is 185 Å². The lowest BCUT2D eigenvalue weighted by Crippen LogP contribution is -2.31. The van der Waals surface area contributed by atoms with E-state index in [1.807, 2.05) is 6.92 Å². The molecular weight excluding hydrogens is 506 g/mol. The van der Waals surface area contributed by atoms with Gasteiger partial charge >= 0.3 is 6.09 Å². The van der Waals surface area contributed by atoms with Crippen molar-refractivity contribution >= 4 is 23.6 Å². The normalized spacial score (nSPS) is 20.4. The van der Waals surface area contributed by atoms with Gasteiger partial charge in [-0.3, -0.25) is 9.69 Å². The van der Waals surface area contributed by atoms with Crippen LogP contribution in [0.1, 0.15) is 28.8 Å². The van der Waals surface area contributed by atoms with Gasteiger partial charge in [0.1, 0.15) is 30.3 Å². The molecule has 5 rings (SSSR count). The zero-order chi connectivity index (χ0) is 27.5. The van der Waals surface area contributed by atoms with Crippen LogP contribution >= 0.6 is 0 Å². The first-order valence-electron chi connectivity index (χ1n) is 12.9. The molecule has 2 aromatic rings. The van der Waals surface area contributed by atoms with Gasteiger partial charge in [-0.15, -0.1) is 0 Å². The average molecular weight is 538 g/mol. The molecule has 2 aromatic heterocycles. The molecule has 0 bridgehead atoms. The number of cyclic esters (lactones) is 1. The van der Waals surface area contributed by atoms with E-state index in [4.69, 9.17) is 25.1 Å². The lowest BCUT2D eigenvalue weighted by Gasteiger charge is -2.19. The minimum Gasteiger partial charge on any atom is -0.480 e. The second-order valence-electron chi connectivity index (χ2n) is 9.95. The monoisotopic (exact) mass is 537 g/mol. The van der Waals surface area contributed by atoms with Crippen LogP contribution in [-0.4, -0.2) is 78.7 Å². The van der Waals surface area contributed by atoms with E-state index in [0.29, 0.717) is 48.6 Å². The third-order valence-corrected chi connectivity index (χ3v) is 7.08. The number of hydrogen-bond acceptors (Lipinski definition) is 11. The molecule has 3 atom stereocenters. The molecule has 13 nitrogen and oxygen atoms in total. The largest absolute Gasteiger partial charge is 0.480 e. The van der Waals surface area contributed by atoms with E-state index in [9.17, 15) is 14.9 Å². The molecule has 4 heterocycles. The maximum absolute atomic E-state index is 12.5. The Labute approximate surface area is 225 Å². The Morgan fingerprint density at radius 2 is 2.15 bits per heavy atom. The lowest BCUT2D eigenvalue weighted by molar-refractivity contribution is -0.118. The minimum absolute atomic E-state index is 0.0617. The number of amides is 2. The summed E-state index contributed by atoms with van der Waals surface area (Å²) in [6.45, 7) is 3.54. The maximum Gasteiger partial charge on any atom is 0.415 e. The number of aliphatic hydroxyl groups is 1. The minimum atomic E-state index is -0.514. The number of nitriles is 1. The summed E-state index contributed by atoms with van der Waals surface area (Å²) in [4.78, 5) is 34.2. The molecule has 0 spiro atoms. The van der Waals surface area contributed by atoms with Gasteiger partial charge in [0, 0.05) is 5.56 Å². The van der Waals surface area contributed by atoms with Crippen molar-refractivity contribution in [3.63, 3.8) is 0 Å². The van der Waals surface area contributed by atoms with Crippen LogP contribution < -0.4 is 30.7 Å². The quantitative estimate of drug-likeness (QED) is 0.308. The first-order chi connectivity index (χ1) is 18.9. The number of aromatic nitrogens is 2. The summed E-state index contributed by atoms with van der Waals surface area (Å²) in [5.41, 5.74) is 9.04. The van der Waals surface area contributed by atoms with E-state index >= 15 is 0 Å². The highest BCUT2D eigenvalue weighted by molar-refractivity contribution is 5.95. The van der Waals surface area contributed by atoms with Crippen LogP contribution in [0.25, 0.3) is 0 Å². The molecule has 1 saturated heterocycles. The molecule has 0 aromatic carbocycles. The van der Waals surface area contributed by atoms with Crippen molar-refractivity contribution in [1.82, 2.24) is 15.3 Å². The summed E-state index contributed by atoms with van der Waals surface area (Å²) in [6, 6.07) is 5.01. The van der Waals surface area contributed by atoms with Crippen LogP contribution in [0.5, 0.6) is 11.6 Å². The number of hydrogen-bond donors (Lipinski definition) is 4. The van der Waals surface area contributed by atoms with Crippen molar-refractivity contribution in [1.29, 1.82) is 5.26 Å². The van der Waals surface area contributed by atoms with E-state index in [1.165, 1.54) is 4.90 Å². The molecule has 1 fully saturated rings. The third-order valence-electron chi connectivity index (χ3n) is 7.08. The van der Waals surface area contributed by atoms with Gasteiger partial charge in [-0.05, 0) is 68.5 Å². The first kappa shape index (κ1) is 26.6. The van der Waals surface area contributed by atoms with Gasteiger partial charge in [0.15, 0.2) is 18.2 Å². The Bertz CT molecular complexity index is 1310. The van der Waals surface area contributed by atoms with E-state index in [2.05, 4.69) is 26.7 Å². The van der Waals surface area contributed by atoms with E-state index < -0.39 is 12.1 Å². The number of carbonyl (C=O) groups excluding carboxylic acids is 2. The summed E-state index contributed by atoms with van der Waals surface area (Å²) < 4.78 is 16.5. The first-order valence-corrected chi connectivity index (χ1v) is 12.9. The predicted octanol–water partition coefficient (Wildman–Crippen LogP) is 0.406. The highest BCUT2D eigenvalue weighted by atomic mass is 16.6. The number of anilines is 2. The molecule has 206 valence electrons. The molecule has 13 heteroatoms. The number of nitrogens with zero attached hydrogens (tertiary/aromatic N) is 4. The van der Waals surface area contributed by atoms with Crippen molar-refractivity contribution in [3.05, 3.63) is 34.5 Å². The highest BCUT2D eigenvalue weighted by Crippen LogP contribution is 2.35. The number of carbonyl (C=O) groups is 2. The van der Waals surface area contributed by atoms with Crippen LogP contribution in [-0.2, 0) is 22.4 Å². The Kier molecular flexibility index (Phi) is 7.78. The summed E-state index contributed by atoms with van der Waals surface area (Å²) >= 11 is 0. The molecule has 2 unspecified atom stereocenters. The van der Waals surface area contributed by atoms with Gasteiger partial charge < -0.3 is 35.7 Å². The Morgan fingerprint density at radius 1 is 1.33 bits per heavy atom. The molecule has 2 aliphatic heterocycles. The van der Waals surface area contributed by atoms with Gasteiger partial charge in [-0.25, -0.2) is 14.8 Å². The summed E-state index contributed by atoms with van der Waals surface area (Å²) in [5, 5.41) is 24.9. The molecule has 0 radical (unpaired) electrons. The van der Waals surface area contributed by atoms with Crippen molar-refractivity contribution in [2.75, 3.05) is 49.7 Å². The lowest BCUT2D eigenvalue weighted by atomic mass is 10.0. The Morgan fingerprint density at radius 3 is 2.95 bits per heavy atom. The van der Waals surface area contributed by atoms with E-state index in [0.717, 1.165) is 36.1 Å². The maximum atomic E-state index is 12.5. The molecule has 2 amide bonds. The number of pyridine rings is 2. The van der Waals surface area contributed by atoms with Crippen LogP contribution in [0.4, 0.5) is 16.4 Å². The van der Waals surface area contributed by atoms with Crippen LogP contribution in [0.15, 0.2) is 12.1 Å². The zero-order valence-electron chi connectivity index (χ0n) is 21.6. The second kappa shape index (κ2) is 11.4. The van der Waals surface area contributed by atoms with Gasteiger partial charge in [-0.2, -0.15) is 5.26 Å². The number of rotatable bonds is 10. The van der Waals surface area contributed by atoms with Gasteiger partial charge in [0.2, 0.25) is 5.88 Å². The standard InChI is InChI=1S/C26H31N7O6/c1-14-18-6-15(7-19(18)20(8-27)30-25(14)38-12-16(28)11-34)9-29-5-4-17-10-33(26(36)39-17)22-3-2-21-24(31-22)32-23(35)13-37-21/h2-3,15-17,29,34H,4-7,9-13,28H2,1H3,(H,31,32,35)/t15?,16-,17?/m1/s1. The number of fused-ring (bicyclic) bond motifs is 2. The summed E-state index contributed by atoms with van der Waals surface area (Å²) in [7, 11) is 0. The molecule has 39 heavy (non-hydrogen) atoms.